The summed E-state index contributed by atoms with van der Waals surface area (Å²) in [5.74, 6) is 0.560. The van der Waals surface area contributed by atoms with Crippen molar-refractivity contribution in [3.05, 3.63) is 21.0 Å². The minimum Gasteiger partial charge on any atom is -0.380 e. The zero-order valence-corrected chi connectivity index (χ0v) is 12.5. The van der Waals surface area contributed by atoms with Gasteiger partial charge in [-0.1, -0.05) is 0 Å². The van der Waals surface area contributed by atoms with E-state index >= 15 is 0 Å². The molecule has 1 N–H and O–H groups in total. The summed E-state index contributed by atoms with van der Waals surface area (Å²) in [6.07, 6.45) is 6.69. The third kappa shape index (κ3) is 2.43. The maximum atomic E-state index is 11.8. The van der Waals surface area contributed by atoms with Crippen LogP contribution >= 0.6 is 15.9 Å². The maximum Gasteiger partial charge on any atom is 0.282 e. The summed E-state index contributed by atoms with van der Waals surface area (Å²) in [7, 11) is 1.65. The van der Waals surface area contributed by atoms with Crippen LogP contribution in [0.5, 0.6) is 0 Å². The van der Waals surface area contributed by atoms with Gasteiger partial charge in [0.2, 0.25) is 0 Å². The number of aromatic nitrogens is 2. The monoisotopic (exact) mass is 327 g/mol. The lowest BCUT2D eigenvalue weighted by molar-refractivity contribution is 0.0620. The third-order valence-corrected chi connectivity index (χ3v) is 4.97. The summed E-state index contributed by atoms with van der Waals surface area (Å²) < 4.78 is 7.66. The molecule has 5 nitrogen and oxygen atoms in total. The van der Waals surface area contributed by atoms with Gasteiger partial charge < -0.3 is 10.1 Å². The van der Waals surface area contributed by atoms with Crippen molar-refractivity contribution in [2.75, 3.05) is 11.9 Å². The van der Waals surface area contributed by atoms with Crippen LogP contribution in [0.4, 0.5) is 5.69 Å². The van der Waals surface area contributed by atoms with E-state index in [4.69, 9.17) is 4.74 Å². The molecule has 0 spiro atoms. The molecule has 1 aliphatic heterocycles. The van der Waals surface area contributed by atoms with Crippen LogP contribution in [0.3, 0.4) is 0 Å². The lowest BCUT2D eigenvalue weighted by atomic mass is 9.82. The summed E-state index contributed by atoms with van der Waals surface area (Å²) in [6.45, 7) is 0.865. The smallest absolute Gasteiger partial charge is 0.282 e. The van der Waals surface area contributed by atoms with Crippen molar-refractivity contribution in [2.24, 2.45) is 13.0 Å². The summed E-state index contributed by atoms with van der Waals surface area (Å²) in [5, 5.41) is 7.56. The van der Waals surface area contributed by atoms with E-state index in [0.717, 1.165) is 25.1 Å². The Kier molecular flexibility index (Phi) is 3.62. The van der Waals surface area contributed by atoms with E-state index < -0.39 is 0 Å². The fraction of sp³-hybridized carbons (Fsp3) is 0.692. The molecule has 3 rings (SSSR count). The van der Waals surface area contributed by atoms with Crippen LogP contribution in [-0.2, 0) is 11.8 Å². The van der Waals surface area contributed by atoms with E-state index in [2.05, 4.69) is 26.3 Å². The molecule has 0 aromatic carbocycles. The summed E-state index contributed by atoms with van der Waals surface area (Å²) in [4.78, 5) is 11.8. The second-order valence-electron chi connectivity index (χ2n) is 5.34. The fourth-order valence-electron chi connectivity index (χ4n) is 3.17. The van der Waals surface area contributed by atoms with Gasteiger partial charge in [0.05, 0.1) is 18.0 Å². The SMILES string of the molecule is Cn1ncc(N[C@@H]2CCC[C@H]3OCC[C@H]23)c(Br)c1=O. The van der Waals surface area contributed by atoms with Gasteiger partial charge in [0.15, 0.2) is 0 Å². The van der Waals surface area contributed by atoms with E-state index in [1.54, 1.807) is 13.2 Å². The third-order valence-electron chi connectivity index (χ3n) is 4.20. The van der Waals surface area contributed by atoms with Crippen LogP contribution in [0.2, 0.25) is 0 Å². The fourth-order valence-corrected chi connectivity index (χ4v) is 3.64. The largest absolute Gasteiger partial charge is 0.380 e. The standard InChI is InChI=1S/C13H18BrN3O2/c1-17-13(18)12(14)10(7-15-17)16-9-3-2-4-11-8(9)5-6-19-11/h7-9,11,16H,2-6H2,1H3/t8-,9-,11-/m1/s1. The van der Waals surface area contributed by atoms with Crippen molar-refractivity contribution in [1.82, 2.24) is 9.78 Å². The van der Waals surface area contributed by atoms with Crippen molar-refractivity contribution in [3.8, 4) is 0 Å². The van der Waals surface area contributed by atoms with E-state index in [-0.39, 0.29) is 5.56 Å². The number of fused-ring (bicyclic) bond motifs is 1. The molecule has 104 valence electrons. The lowest BCUT2D eigenvalue weighted by Crippen LogP contribution is -2.38. The average Bonchev–Trinajstić information content (AvgIpc) is 2.89. The van der Waals surface area contributed by atoms with Crippen molar-refractivity contribution in [3.63, 3.8) is 0 Å². The van der Waals surface area contributed by atoms with E-state index in [1.165, 1.54) is 17.5 Å². The first-order chi connectivity index (χ1) is 9.16. The molecule has 0 bridgehead atoms. The molecule has 2 fully saturated rings. The van der Waals surface area contributed by atoms with Crippen molar-refractivity contribution in [2.45, 2.75) is 37.8 Å². The molecule has 1 aromatic heterocycles. The van der Waals surface area contributed by atoms with Crippen LogP contribution in [-0.4, -0.2) is 28.5 Å². The predicted molar refractivity (Wildman–Crippen MR) is 76.3 cm³/mol. The molecule has 1 aliphatic carbocycles. The first-order valence-electron chi connectivity index (χ1n) is 6.77. The Morgan fingerprint density at radius 2 is 2.32 bits per heavy atom. The second-order valence-corrected chi connectivity index (χ2v) is 6.14. The zero-order chi connectivity index (χ0) is 13.4. The average molecular weight is 328 g/mol. The molecule has 6 heteroatoms. The quantitative estimate of drug-likeness (QED) is 0.901. The molecule has 1 saturated heterocycles. The van der Waals surface area contributed by atoms with Gasteiger partial charge in [-0.15, -0.1) is 0 Å². The molecule has 2 aliphatic rings. The molecule has 1 aromatic rings. The number of nitrogens with one attached hydrogen (secondary N) is 1. The van der Waals surface area contributed by atoms with Gasteiger partial charge in [0.25, 0.3) is 5.56 Å². The van der Waals surface area contributed by atoms with Crippen LogP contribution in [0.1, 0.15) is 25.7 Å². The molecule has 0 unspecified atom stereocenters. The molecule has 0 radical (unpaired) electrons. The molecule has 3 atom stereocenters. The molecule has 1 saturated carbocycles. The van der Waals surface area contributed by atoms with Gasteiger partial charge >= 0.3 is 0 Å². The molecular formula is C13H18BrN3O2. The Morgan fingerprint density at radius 1 is 1.47 bits per heavy atom. The first-order valence-corrected chi connectivity index (χ1v) is 7.56. The number of aryl methyl sites for hydroxylation is 1. The highest BCUT2D eigenvalue weighted by atomic mass is 79.9. The van der Waals surface area contributed by atoms with E-state index in [1.807, 2.05) is 0 Å². The van der Waals surface area contributed by atoms with E-state index in [9.17, 15) is 4.79 Å². The van der Waals surface area contributed by atoms with Crippen molar-refractivity contribution >= 4 is 21.6 Å². The Hall–Kier alpha value is -0.880. The number of anilines is 1. The number of ether oxygens (including phenoxy) is 1. The van der Waals surface area contributed by atoms with Crippen LogP contribution in [0.15, 0.2) is 15.5 Å². The Morgan fingerprint density at radius 3 is 3.16 bits per heavy atom. The highest BCUT2D eigenvalue weighted by Crippen LogP contribution is 2.36. The first kappa shape index (κ1) is 13.1. The van der Waals surface area contributed by atoms with Gasteiger partial charge in [-0.25, -0.2) is 4.68 Å². The summed E-state index contributed by atoms with van der Waals surface area (Å²) >= 11 is 3.36. The molecular weight excluding hydrogens is 310 g/mol. The summed E-state index contributed by atoms with van der Waals surface area (Å²) in [6, 6.07) is 0.381. The Balaban J connectivity index is 1.81. The van der Waals surface area contributed by atoms with Crippen LogP contribution < -0.4 is 10.9 Å². The lowest BCUT2D eigenvalue weighted by Gasteiger charge is -2.34. The topological polar surface area (TPSA) is 56.1 Å². The number of halogens is 1. The normalized spacial score (nSPS) is 30.1. The highest BCUT2D eigenvalue weighted by molar-refractivity contribution is 9.10. The molecule has 0 amide bonds. The van der Waals surface area contributed by atoms with Crippen molar-refractivity contribution in [1.29, 1.82) is 0 Å². The molecule has 2 heterocycles. The second kappa shape index (κ2) is 5.25. The van der Waals surface area contributed by atoms with Gasteiger partial charge in [-0.05, 0) is 41.6 Å². The van der Waals surface area contributed by atoms with Crippen molar-refractivity contribution < 1.29 is 4.74 Å². The number of hydrogen-bond donors (Lipinski definition) is 1. The predicted octanol–water partition coefficient (Wildman–Crippen LogP) is 1.91. The minimum absolute atomic E-state index is 0.111. The highest BCUT2D eigenvalue weighted by Gasteiger charge is 2.37. The van der Waals surface area contributed by atoms with Crippen LogP contribution in [0, 0.1) is 5.92 Å². The Labute approximate surface area is 120 Å². The zero-order valence-electron chi connectivity index (χ0n) is 10.9. The summed E-state index contributed by atoms with van der Waals surface area (Å²) in [5.41, 5.74) is 0.681. The maximum absolute atomic E-state index is 11.8. The van der Waals surface area contributed by atoms with Gasteiger partial charge in [-0.3, -0.25) is 4.79 Å². The number of hydrogen-bond acceptors (Lipinski definition) is 4. The minimum atomic E-state index is -0.111. The number of rotatable bonds is 2. The van der Waals surface area contributed by atoms with Gasteiger partial charge in [-0.2, -0.15) is 5.10 Å². The van der Waals surface area contributed by atoms with E-state index in [0.29, 0.717) is 22.5 Å². The van der Waals surface area contributed by atoms with Crippen LogP contribution in [0.25, 0.3) is 0 Å². The Bertz CT molecular complexity index is 531. The van der Waals surface area contributed by atoms with Gasteiger partial charge in [0.1, 0.15) is 4.47 Å². The van der Waals surface area contributed by atoms with Gasteiger partial charge in [0, 0.05) is 25.6 Å². The number of nitrogens with zero attached hydrogens (tertiary/aromatic N) is 2. The molecule has 19 heavy (non-hydrogen) atoms.